The van der Waals surface area contributed by atoms with E-state index < -0.39 is 0 Å². The molecule has 1 saturated carbocycles. The monoisotopic (exact) mass is 213 g/mol. The molecule has 3 heteroatoms. The molecule has 0 aliphatic heterocycles. The van der Waals surface area contributed by atoms with Crippen molar-refractivity contribution in [2.45, 2.75) is 46.1 Å². The molecule has 0 heterocycles. The SMILES string of the molecule is CNC(=O)O[C@H]1C[C@@H](C)CCC1C(C)C. The third-order valence-electron chi connectivity index (χ3n) is 3.42. The number of amides is 1. The zero-order valence-electron chi connectivity index (χ0n) is 10.2. The molecule has 1 unspecified atom stereocenters. The second kappa shape index (κ2) is 5.38. The predicted molar refractivity (Wildman–Crippen MR) is 60.7 cm³/mol. The van der Waals surface area contributed by atoms with E-state index in [0.29, 0.717) is 17.8 Å². The number of hydrogen-bond donors (Lipinski definition) is 1. The van der Waals surface area contributed by atoms with Gasteiger partial charge in [-0.2, -0.15) is 0 Å². The normalized spacial score (nSPS) is 31.4. The highest BCUT2D eigenvalue weighted by atomic mass is 16.6. The molecule has 0 aromatic heterocycles. The van der Waals surface area contributed by atoms with Crippen LogP contribution in [-0.2, 0) is 4.74 Å². The van der Waals surface area contributed by atoms with E-state index in [4.69, 9.17) is 4.74 Å². The largest absolute Gasteiger partial charge is 0.446 e. The Balaban J connectivity index is 2.57. The fourth-order valence-corrected chi connectivity index (χ4v) is 2.45. The van der Waals surface area contributed by atoms with E-state index in [2.05, 4.69) is 26.1 Å². The van der Waals surface area contributed by atoms with Crippen LogP contribution >= 0.6 is 0 Å². The van der Waals surface area contributed by atoms with Gasteiger partial charge in [0.2, 0.25) is 0 Å². The first-order chi connectivity index (χ1) is 7.04. The van der Waals surface area contributed by atoms with Gasteiger partial charge in [0.25, 0.3) is 0 Å². The molecule has 3 atom stereocenters. The summed E-state index contributed by atoms with van der Waals surface area (Å²) in [5.41, 5.74) is 0. The van der Waals surface area contributed by atoms with Crippen molar-refractivity contribution >= 4 is 6.09 Å². The first-order valence-electron chi connectivity index (χ1n) is 5.93. The maximum absolute atomic E-state index is 11.2. The van der Waals surface area contributed by atoms with E-state index in [9.17, 15) is 4.79 Å². The molecule has 1 fully saturated rings. The van der Waals surface area contributed by atoms with Gasteiger partial charge in [0.15, 0.2) is 0 Å². The van der Waals surface area contributed by atoms with Crippen LogP contribution in [0.3, 0.4) is 0 Å². The molecule has 1 rings (SSSR count). The Kier molecular flexibility index (Phi) is 4.43. The third kappa shape index (κ3) is 3.40. The smallest absolute Gasteiger partial charge is 0.407 e. The van der Waals surface area contributed by atoms with Gasteiger partial charge in [-0.05, 0) is 30.6 Å². The number of carbonyl (C=O) groups excluding carboxylic acids is 1. The zero-order chi connectivity index (χ0) is 11.4. The summed E-state index contributed by atoms with van der Waals surface area (Å²) < 4.78 is 5.43. The van der Waals surface area contributed by atoms with E-state index in [-0.39, 0.29) is 12.2 Å². The van der Waals surface area contributed by atoms with Crippen LogP contribution in [0.25, 0.3) is 0 Å². The van der Waals surface area contributed by atoms with Gasteiger partial charge < -0.3 is 10.1 Å². The lowest BCUT2D eigenvalue weighted by Crippen LogP contribution is -2.38. The van der Waals surface area contributed by atoms with Gasteiger partial charge in [-0.25, -0.2) is 4.79 Å². The van der Waals surface area contributed by atoms with Crippen molar-refractivity contribution < 1.29 is 9.53 Å². The molecule has 0 aromatic rings. The Morgan fingerprint density at radius 1 is 1.40 bits per heavy atom. The molecular weight excluding hydrogens is 190 g/mol. The quantitative estimate of drug-likeness (QED) is 0.766. The molecule has 1 aliphatic carbocycles. The van der Waals surface area contributed by atoms with Crippen LogP contribution < -0.4 is 5.32 Å². The number of hydrogen-bond acceptors (Lipinski definition) is 2. The summed E-state index contributed by atoms with van der Waals surface area (Å²) in [6.45, 7) is 6.65. The highest BCUT2D eigenvalue weighted by Gasteiger charge is 2.33. The maximum Gasteiger partial charge on any atom is 0.407 e. The lowest BCUT2D eigenvalue weighted by Gasteiger charge is -2.36. The lowest BCUT2D eigenvalue weighted by molar-refractivity contribution is 0.00703. The molecule has 0 bridgehead atoms. The van der Waals surface area contributed by atoms with Crippen molar-refractivity contribution in [1.82, 2.24) is 5.32 Å². The highest BCUT2D eigenvalue weighted by Crippen LogP contribution is 2.35. The molecule has 1 amide bonds. The second-order valence-corrected chi connectivity index (χ2v) is 5.02. The molecule has 0 aromatic carbocycles. The van der Waals surface area contributed by atoms with Gasteiger partial charge in [0.1, 0.15) is 6.10 Å². The van der Waals surface area contributed by atoms with Crippen molar-refractivity contribution in [3.05, 3.63) is 0 Å². The van der Waals surface area contributed by atoms with E-state index >= 15 is 0 Å². The Morgan fingerprint density at radius 2 is 2.07 bits per heavy atom. The van der Waals surface area contributed by atoms with Gasteiger partial charge in [0.05, 0.1) is 0 Å². The molecule has 88 valence electrons. The van der Waals surface area contributed by atoms with E-state index in [1.165, 1.54) is 12.8 Å². The van der Waals surface area contributed by atoms with Crippen LogP contribution in [-0.4, -0.2) is 19.2 Å². The fraction of sp³-hybridized carbons (Fsp3) is 0.917. The molecule has 1 aliphatic rings. The first kappa shape index (κ1) is 12.3. The van der Waals surface area contributed by atoms with Crippen molar-refractivity contribution in [2.24, 2.45) is 17.8 Å². The average molecular weight is 213 g/mol. The summed E-state index contributed by atoms with van der Waals surface area (Å²) in [6, 6.07) is 0. The summed E-state index contributed by atoms with van der Waals surface area (Å²) in [5, 5.41) is 2.53. The van der Waals surface area contributed by atoms with Gasteiger partial charge in [-0.15, -0.1) is 0 Å². The molecule has 0 radical (unpaired) electrons. The standard InChI is InChI=1S/C12H23NO2/c1-8(2)10-6-5-9(3)7-11(10)15-12(14)13-4/h8-11H,5-7H2,1-4H3,(H,13,14)/t9-,10?,11-/m0/s1. The van der Waals surface area contributed by atoms with E-state index in [1.807, 2.05) is 0 Å². The Hall–Kier alpha value is -0.730. The second-order valence-electron chi connectivity index (χ2n) is 5.02. The third-order valence-corrected chi connectivity index (χ3v) is 3.42. The number of nitrogens with one attached hydrogen (secondary N) is 1. The van der Waals surface area contributed by atoms with Crippen molar-refractivity contribution in [2.75, 3.05) is 7.05 Å². The van der Waals surface area contributed by atoms with Crippen LogP contribution in [0.2, 0.25) is 0 Å². The average Bonchev–Trinajstić information content (AvgIpc) is 2.17. The molecule has 15 heavy (non-hydrogen) atoms. The van der Waals surface area contributed by atoms with Crippen LogP contribution in [0.5, 0.6) is 0 Å². The minimum Gasteiger partial charge on any atom is -0.446 e. The van der Waals surface area contributed by atoms with Gasteiger partial charge in [-0.1, -0.05) is 27.2 Å². The van der Waals surface area contributed by atoms with E-state index in [1.54, 1.807) is 7.05 Å². The topological polar surface area (TPSA) is 38.3 Å². The summed E-state index contributed by atoms with van der Waals surface area (Å²) >= 11 is 0. The molecule has 1 N–H and O–H groups in total. The number of carbonyl (C=O) groups is 1. The first-order valence-corrected chi connectivity index (χ1v) is 5.93. The van der Waals surface area contributed by atoms with Crippen LogP contribution in [0.4, 0.5) is 4.79 Å². The minimum absolute atomic E-state index is 0.105. The predicted octanol–water partition coefficient (Wildman–Crippen LogP) is 2.80. The van der Waals surface area contributed by atoms with Gasteiger partial charge >= 0.3 is 6.09 Å². The molecule has 0 saturated heterocycles. The molecule has 3 nitrogen and oxygen atoms in total. The lowest BCUT2D eigenvalue weighted by atomic mass is 9.75. The summed E-state index contributed by atoms with van der Waals surface area (Å²) in [5.74, 6) is 1.79. The Labute approximate surface area is 92.6 Å². The van der Waals surface area contributed by atoms with Gasteiger partial charge in [-0.3, -0.25) is 0 Å². The summed E-state index contributed by atoms with van der Waals surface area (Å²) in [7, 11) is 1.61. The Morgan fingerprint density at radius 3 is 2.60 bits per heavy atom. The Bertz CT molecular complexity index is 216. The zero-order valence-corrected chi connectivity index (χ0v) is 10.2. The van der Waals surface area contributed by atoms with E-state index in [0.717, 1.165) is 6.42 Å². The summed E-state index contributed by atoms with van der Waals surface area (Å²) in [6.07, 6.45) is 3.26. The molecular formula is C12H23NO2. The van der Waals surface area contributed by atoms with Crippen molar-refractivity contribution in [3.8, 4) is 0 Å². The van der Waals surface area contributed by atoms with Crippen molar-refractivity contribution in [1.29, 1.82) is 0 Å². The van der Waals surface area contributed by atoms with Crippen LogP contribution in [0, 0.1) is 17.8 Å². The fourth-order valence-electron chi connectivity index (χ4n) is 2.45. The van der Waals surface area contributed by atoms with Gasteiger partial charge in [0, 0.05) is 7.05 Å². The van der Waals surface area contributed by atoms with Crippen LogP contribution in [0.1, 0.15) is 40.0 Å². The summed E-state index contributed by atoms with van der Waals surface area (Å²) in [4.78, 5) is 11.2. The number of rotatable bonds is 2. The number of alkyl carbamates (subject to hydrolysis) is 1. The highest BCUT2D eigenvalue weighted by molar-refractivity contribution is 5.66. The number of ether oxygens (including phenoxy) is 1. The maximum atomic E-state index is 11.2. The van der Waals surface area contributed by atoms with Crippen LogP contribution in [0.15, 0.2) is 0 Å². The molecule has 0 spiro atoms. The minimum atomic E-state index is -0.292. The van der Waals surface area contributed by atoms with Crippen molar-refractivity contribution in [3.63, 3.8) is 0 Å².